The van der Waals surface area contributed by atoms with Gasteiger partial charge in [-0.15, -0.1) is 0 Å². The molecule has 2 saturated heterocycles. The van der Waals surface area contributed by atoms with Crippen LogP contribution in [0.25, 0.3) is 0 Å². The third kappa shape index (κ3) is 4.82. The molecular formula is C18H30N6O2. The number of nitrogens with one attached hydrogen (secondary N) is 1. The molecular weight excluding hydrogens is 332 g/mol. The normalized spacial score (nSPS) is 22.2. The van der Waals surface area contributed by atoms with Crippen molar-refractivity contribution in [2.24, 2.45) is 5.73 Å². The van der Waals surface area contributed by atoms with E-state index in [9.17, 15) is 4.79 Å². The number of piperidine rings is 1. The Hall–Kier alpha value is -1.93. The number of nitrogens with zero attached hydrogens (tertiary/aromatic N) is 4. The third-order valence-corrected chi connectivity index (χ3v) is 5.00. The number of carbonyl (C=O) groups is 1. The van der Waals surface area contributed by atoms with E-state index in [2.05, 4.69) is 25.1 Å². The van der Waals surface area contributed by atoms with Crippen molar-refractivity contribution in [3.8, 4) is 0 Å². The van der Waals surface area contributed by atoms with E-state index in [0.29, 0.717) is 0 Å². The number of rotatable bonds is 6. The van der Waals surface area contributed by atoms with Crippen LogP contribution >= 0.6 is 0 Å². The van der Waals surface area contributed by atoms with Crippen molar-refractivity contribution in [2.45, 2.75) is 44.7 Å². The second kappa shape index (κ2) is 9.14. The highest BCUT2D eigenvalue weighted by Gasteiger charge is 2.25. The lowest BCUT2D eigenvalue weighted by Crippen LogP contribution is -2.52. The van der Waals surface area contributed by atoms with Crippen molar-refractivity contribution >= 4 is 17.5 Å². The van der Waals surface area contributed by atoms with Crippen LogP contribution in [0.15, 0.2) is 12.4 Å². The zero-order valence-electron chi connectivity index (χ0n) is 15.6. The monoisotopic (exact) mass is 362 g/mol. The van der Waals surface area contributed by atoms with Gasteiger partial charge in [0.2, 0.25) is 5.91 Å². The Morgan fingerprint density at radius 3 is 2.77 bits per heavy atom. The lowest BCUT2D eigenvalue weighted by molar-refractivity contribution is -0.123. The summed E-state index contributed by atoms with van der Waals surface area (Å²) >= 11 is 0. The number of anilines is 2. The average Bonchev–Trinajstić information content (AvgIpc) is 2.69. The summed E-state index contributed by atoms with van der Waals surface area (Å²) in [4.78, 5) is 25.5. The Kier molecular flexibility index (Phi) is 6.62. The van der Waals surface area contributed by atoms with Crippen molar-refractivity contribution in [1.29, 1.82) is 0 Å². The molecule has 2 fully saturated rings. The molecule has 0 saturated carbocycles. The summed E-state index contributed by atoms with van der Waals surface area (Å²) in [6.07, 6.45) is 5.25. The molecule has 3 rings (SSSR count). The van der Waals surface area contributed by atoms with E-state index in [-0.39, 0.29) is 11.9 Å². The highest BCUT2D eigenvalue weighted by molar-refractivity contribution is 5.81. The molecule has 0 aromatic carbocycles. The van der Waals surface area contributed by atoms with Crippen LogP contribution in [-0.2, 0) is 9.53 Å². The van der Waals surface area contributed by atoms with E-state index in [1.807, 2.05) is 13.0 Å². The van der Waals surface area contributed by atoms with E-state index in [1.54, 1.807) is 6.33 Å². The first-order valence-corrected chi connectivity index (χ1v) is 9.63. The van der Waals surface area contributed by atoms with Crippen molar-refractivity contribution < 1.29 is 9.53 Å². The molecule has 144 valence electrons. The molecule has 0 radical (unpaired) electrons. The molecule has 2 atom stereocenters. The van der Waals surface area contributed by atoms with Gasteiger partial charge in [0.1, 0.15) is 18.0 Å². The van der Waals surface area contributed by atoms with Gasteiger partial charge in [-0.05, 0) is 19.3 Å². The fourth-order valence-corrected chi connectivity index (χ4v) is 3.53. The Morgan fingerprint density at radius 2 is 2.04 bits per heavy atom. The molecule has 0 spiro atoms. The predicted molar refractivity (Wildman–Crippen MR) is 101 cm³/mol. The minimum Gasteiger partial charge on any atom is -0.378 e. The second-order valence-electron chi connectivity index (χ2n) is 7.02. The zero-order chi connectivity index (χ0) is 18.4. The lowest BCUT2D eigenvalue weighted by atomic mass is 10.0. The molecule has 0 aliphatic carbocycles. The smallest absolute Gasteiger partial charge is 0.237 e. The summed E-state index contributed by atoms with van der Waals surface area (Å²) in [6.45, 7) is 6.90. The van der Waals surface area contributed by atoms with Gasteiger partial charge in [-0.25, -0.2) is 9.97 Å². The highest BCUT2D eigenvalue weighted by Crippen LogP contribution is 2.22. The summed E-state index contributed by atoms with van der Waals surface area (Å²) in [7, 11) is 0. The van der Waals surface area contributed by atoms with Crippen molar-refractivity contribution in [3.63, 3.8) is 0 Å². The molecule has 2 aliphatic heterocycles. The van der Waals surface area contributed by atoms with Gasteiger partial charge in [-0.1, -0.05) is 13.3 Å². The van der Waals surface area contributed by atoms with Gasteiger partial charge in [-0.3, -0.25) is 4.79 Å². The minimum absolute atomic E-state index is 0.0459. The number of hydrogen-bond acceptors (Lipinski definition) is 7. The van der Waals surface area contributed by atoms with Crippen LogP contribution in [0.1, 0.15) is 32.6 Å². The lowest BCUT2D eigenvalue weighted by Gasteiger charge is -2.35. The molecule has 2 unspecified atom stereocenters. The molecule has 3 N–H and O–H groups in total. The van der Waals surface area contributed by atoms with Gasteiger partial charge in [0.15, 0.2) is 0 Å². The van der Waals surface area contributed by atoms with Crippen molar-refractivity contribution in [3.05, 3.63) is 12.4 Å². The van der Waals surface area contributed by atoms with Crippen LogP contribution in [0.3, 0.4) is 0 Å². The molecule has 8 heteroatoms. The minimum atomic E-state index is -0.414. The van der Waals surface area contributed by atoms with Gasteiger partial charge in [0, 0.05) is 38.3 Å². The SMILES string of the molecule is CCCC(N)C(=O)NC1CCCN(c2cc(N3CCOCC3)ncn2)C1. The second-order valence-corrected chi connectivity index (χ2v) is 7.02. The first kappa shape index (κ1) is 18.8. The highest BCUT2D eigenvalue weighted by atomic mass is 16.5. The number of morpholine rings is 1. The van der Waals surface area contributed by atoms with Crippen LogP contribution in [0.4, 0.5) is 11.6 Å². The zero-order valence-corrected chi connectivity index (χ0v) is 15.6. The topological polar surface area (TPSA) is 96.6 Å². The maximum atomic E-state index is 12.2. The maximum absolute atomic E-state index is 12.2. The third-order valence-electron chi connectivity index (χ3n) is 5.00. The van der Waals surface area contributed by atoms with Crippen LogP contribution in [0.5, 0.6) is 0 Å². The van der Waals surface area contributed by atoms with E-state index in [0.717, 1.165) is 76.7 Å². The molecule has 1 amide bonds. The number of aromatic nitrogens is 2. The Morgan fingerprint density at radius 1 is 1.31 bits per heavy atom. The molecule has 0 bridgehead atoms. The van der Waals surface area contributed by atoms with E-state index >= 15 is 0 Å². The largest absolute Gasteiger partial charge is 0.378 e. The van der Waals surface area contributed by atoms with E-state index in [1.165, 1.54) is 0 Å². The molecule has 26 heavy (non-hydrogen) atoms. The number of carbonyl (C=O) groups excluding carboxylic acids is 1. The summed E-state index contributed by atoms with van der Waals surface area (Å²) in [5.74, 6) is 1.81. The molecule has 8 nitrogen and oxygen atoms in total. The molecule has 1 aromatic heterocycles. The predicted octanol–water partition coefficient (Wildman–Crippen LogP) is 0.526. The average molecular weight is 362 g/mol. The molecule has 3 heterocycles. The standard InChI is InChI=1S/C18H30N6O2/c1-2-4-15(19)18(25)22-14-5-3-6-24(12-14)17-11-16(20-13-21-17)23-7-9-26-10-8-23/h11,13-15H,2-10,12,19H2,1H3,(H,22,25). The summed E-state index contributed by atoms with van der Waals surface area (Å²) in [5.41, 5.74) is 5.93. The van der Waals surface area contributed by atoms with Gasteiger partial charge >= 0.3 is 0 Å². The quantitative estimate of drug-likeness (QED) is 0.762. The number of nitrogens with two attached hydrogens (primary N) is 1. The molecule has 1 aromatic rings. The van der Waals surface area contributed by atoms with Crippen molar-refractivity contribution in [2.75, 3.05) is 49.2 Å². The van der Waals surface area contributed by atoms with Gasteiger partial charge in [0.05, 0.1) is 19.3 Å². The first-order chi connectivity index (χ1) is 12.7. The molecule has 2 aliphatic rings. The van der Waals surface area contributed by atoms with Gasteiger partial charge in [-0.2, -0.15) is 0 Å². The Bertz CT molecular complexity index is 593. The summed E-state index contributed by atoms with van der Waals surface area (Å²) in [5, 5.41) is 3.11. The Labute approximate surface area is 155 Å². The maximum Gasteiger partial charge on any atom is 0.237 e. The Balaban J connectivity index is 1.61. The van der Waals surface area contributed by atoms with Crippen LogP contribution in [0, 0.1) is 0 Å². The summed E-state index contributed by atoms with van der Waals surface area (Å²) < 4.78 is 5.41. The fourth-order valence-electron chi connectivity index (χ4n) is 3.53. The summed E-state index contributed by atoms with van der Waals surface area (Å²) in [6, 6.07) is 1.74. The van der Waals surface area contributed by atoms with Crippen LogP contribution in [-0.4, -0.2) is 67.4 Å². The van der Waals surface area contributed by atoms with Crippen LogP contribution < -0.4 is 20.9 Å². The van der Waals surface area contributed by atoms with Crippen LogP contribution in [0.2, 0.25) is 0 Å². The van der Waals surface area contributed by atoms with E-state index < -0.39 is 6.04 Å². The number of ether oxygens (including phenoxy) is 1. The fraction of sp³-hybridized carbons (Fsp3) is 0.722. The first-order valence-electron chi connectivity index (χ1n) is 9.63. The van der Waals surface area contributed by atoms with Gasteiger partial charge in [0.25, 0.3) is 0 Å². The van der Waals surface area contributed by atoms with Gasteiger partial charge < -0.3 is 25.6 Å². The number of amides is 1. The van der Waals surface area contributed by atoms with E-state index in [4.69, 9.17) is 10.5 Å². The van der Waals surface area contributed by atoms with Crippen molar-refractivity contribution in [1.82, 2.24) is 15.3 Å². The number of hydrogen-bond donors (Lipinski definition) is 2.